The molecule has 0 N–H and O–H groups in total. The molecule has 6 heteroatoms. The first kappa shape index (κ1) is 55.8. The Morgan fingerprint density at radius 1 is 0.333 bits per heavy atom. The van der Waals surface area contributed by atoms with Crippen LogP contribution in [0.5, 0.6) is 0 Å². The van der Waals surface area contributed by atoms with Crippen molar-refractivity contribution in [3.63, 3.8) is 0 Å². The Labute approximate surface area is 269 Å². The zero-order chi connectivity index (χ0) is 24.1. The van der Waals surface area contributed by atoms with E-state index < -0.39 is 0 Å². The summed E-state index contributed by atoms with van der Waals surface area (Å²) in [5.74, 6) is 0. The number of ether oxygens (including phenoxy) is 3. The number of hydrogen-bond acceptors (Lipinski definition) is 3. The van der Waals surface area contributed by atoms with Crippen molar-refractivity contribution < 1.29 is 54.6 Å². The molecule has 3 heterocycles. The van der Waals surface area contributed by atoms with E-state index in [1.165, 1.54) is 70.6 Å². The molecule has 0 aromatic rings. The average Bonchev–Trinajstić information content (AvgIpc) is 3.54. The van der Waals surface area contributed by atoms with Crippen molar-refractivity contribution in [1.29, 1.82) is 0 Å². The van der Waals surface area contributed by atoms with Gasteiger partial charge in [0.15, 0.2) is 0 Å². The van der Waals surface area contributed by atoms with Crippen LogP contribution in [0.2, 0.25) is 0 Å². The van der Waals surface area contributed by atoms with E-state index >= 15 is 0 Å². The molecule has 17 radical (unpaired) electrons. The molecule has 33 heavy (non-hydrogen) atoms. The summed E-state index contributed by atoms with van der Waals surface area (Å²) in [5.41, 5.74) is 0. The molecule has 0 amide bonds. The normalized spacial score (nSPS) is 13.6. The minimum Gasteiger partial charge on any atom is -0.381 e. The Hall–Kier alpha value is 2.41. The monoisotopic (exact) mass is 587 g/mol. The summed E-state index contributed by atoms with van der Waals surface area (Å²) < 4.78 is 14.8. The van der Waals surface area contributed by atoms with Crippen LogP contribution < -0.4 is 0 Å². The maximum absolute atomic E-state index is 4.94. The van der Waals surface area contributed by atoms with Gasteiger partial charge in [-0.2, -0.15) is 0 Å². The Kier molecular flexibility index (Phi) is 129. The van der Waals surface area contributed by atoms with E-state index in [-0.39, 0.29) is 78.1 Å². The number of rotatable bonds is 0. The Balaban J connectivity index is -0.0000000362. The SMILES string of the molecule is C1CCOC1.C1CCOC1.C1CCOC1.[CH2][CH][CH2].[CH2][CH][CH2].[CH2][CH][CH2].[CH2][CH][CH2].[CH2][CH][CH2].[Li].[Li].[Sm]. The summed E-state index contributed by atoms with van der Waals surface area (Å²) in [6.07, 6.45) is 15.2. The zero-order valence-corrected chi connectivity index (χ0v) is 24.7. The molecule has 0 spiro atoms. The summed E-state index contributed by atoms with van der Waals surface area (Å²) in [5, 5.41) is 0. The fraction of sp³-hybridized carbons (Fsp3) is 0.444. The zero-order valence-electron chi connectivity index (χ0n) is 22.1. The van der Waals surface area contributed by atoms with Crippen LogP contribution in [0.15, 0.2) is 0 Å². The second-order valence-corrected chi connectivity index (χ2v) is 5.40. The minimum absolute atomic E-state index is 0. The van der Waals surface area contributed by atoms with Gasteiger partial charge in [-0.3, -0.25) is 0 Å². The van der Waals surface area contributed by atoms with Gasteiger partial charge in [0.2, 0.25) is 0 Å². The second kappa shape index (κ2) is 76.5. The fourth-order valence-corrected chi connectivity index (χ4v) is 1.53. The Morgan fingerprint density at radius 3 is 0.455 bits per heavy atom. The van der Waals surface area contributed by atoms with Crippen molar-refractivity contribution in [2.45, 2.75) is 38.5 Å². The molecule has 3 saturated heterocycles. The van der Waals surface area contributed by atoms with Gasteiger partial charge in [0, 0.05) is 118 Å². The second-order valence-electron chi connectivity index (χ2n) is 5.40. The van der Waals surface area contributed by atoms with Crippen LogP contribution in [0.25, 0.3) is 0 Å². The first-order valence-electron chi connectivity index (χ1n) is 10.3. The largest absolute Gasteiger partial charge is 0.381 e. The van der Waals surface area contributed by atoms with E-state index in [0.717, 1.165) is 39.6 Å². The van der Waals surface area contributed by atoms with Crippen molar-refractivity contribution in [1.82, 2.24) is 0 Å². The molecule has 3 fully saturated rings. The van der Waals surface area contributed by atoms with Crippen LogP contribution in [0.1, 0.15) is 38.5 Å². The van der Waals surface area contributed by atoms with Crippen LogP contribution >= 0.6 is 0 Å². The molecule has 3 aliphatic heterocycles. The molecule has 0 aromatic carbocycles. The van der Waals surface area contributed by atoms with Crippen LogP contribution in [-0.4, -0.2) is 77.4 Å². The van der Waals surface area contributed by atoms with Gasteiger partial charge in [0.05, 0.1) is 0 Å². The molecule has 0 atom stereocenters. The predicted octanol–water partition coefficient (Wildman–Crippen LogP) is 5.92. The summed E-state index contributed by atoms with van der Waals surface area (Å²) in [7, 11) is 0. The maximum atomic E-state index is 4.94. The summed E-state index contributed by atoms with van der Waals surface area (Å²) >= 11 is 0. The van der Waals surface area contributed by atoms with Crippen molar-refractivity contribution in [3.8, 4) is 0 Å². The van der Waals surface area contributed by atoms with Gasteiger partial charge in [-0.25, -0.2) is 0 Å². The molecule has 183 valence electrons. The molecule has 0 aliphatic carbocycles. The third-order valence-electron chi connectivity index (χ3n) is 2.48. The van der Waals surface area contributed by atoms with Gasteiger partial charge in [-0.15, -0.1) is 0 Å². The summed E-state index contributed by atoms with van der Waals surface area (Å²) in [6, 6.07) is 0. The topological polar surface area (TPSA) is 27.7 Å². The van der Waals surface area contributed by atoms with Gasteiger partial charge >= 0.3 is 0 Å². The quantitative estimate of drug-likeness (QED) is 0.330. The van der Waals surface area contributed by atoms with E-state index in [0.29, 0.717) is 0 Å². The van der Waals surface area contributed by atoms with E-state index in [4.69, 9.17) is 14.2 Å². The van der Waals surface area contributed by atoms with Gasteiger partial charge < -0.3 is 14.2 Å². The third kappa shape index (κ3) is 119. The fourth-order valence-electron chi connectivity index (χ4n) is 1.53. The van der Waals surface area contributed by atoms with Gasteiger partial charge in [-0.05, 0) is 140 Å². The Morgan fingerprint density at radius 2 is 0.424 bits per heavy atom. The average molecular weight is 586 g/mol. The van der Waals surface area contributed by atoms with Crippen LogP contribution in [0.4, 0.5) is 0 Å². The molecular weight excluding hydrogens is 537 g/mol. The van der Waals surface area contributed by atoms with Crippen molar-refractivity contribution in [2.75, 3.05) is 39.6 Å². The molecular formula is C27H49Li2O3Sm. The molecule has 3 nitrogen and oxygen atoms in total. The number of hydrogen-bond donors (Lipinski definition) is 0. The van der Waals surface area contributed by atoms with Crippen molar-refractivity contribution in [3.05, 3.63) is 101 Å². The summed E-state index contributed by atoms with van der Waals surface area (Å²) in [6.45, 7) is 38.5. The first-order chi connectivity index (χ1) is 14.6. The molecule has 0 aromatic heterocycles. The van der Waals surface area contributed by atoms with Gasteiger partial charge in [0.1, 0.15) is 0 Å². The minimum atomic E-state index is 0. The van der Waals surface area contributed by atoms with E-state index in [2.05, 4.69) is 69.2 Å². The Bertz CT molecular complexity index is 134. The van der Waals surface area contributed by atoms with E-state index in [1.54, 1.807) is 0 Å². The molecule has 3 aliphatic rings. The van der Waals surface area contributed by atoms with Gasteiger partial charge in [-0.1, -0.05) is 0 Å². The first-order valence-corrected chi connectivity index (χ1v) is 10.3. The van der Waals surface area contributed by atoms with Crippen LogP contribution in [0, 0.1) is 142 Å². The third-order valence-corrected chi connectivity index (χ3v) is 2.48. The molecule has 0 unspecified atom stereocenters. The van der Waals surface area contributed by atoms with E-state index in [1.807, 2.05) is 0 Å². The van der Waals surface area contributed by atoms with Crippen LogP contribution in [0.3, 0.4) is 0 Å². The smallest absolute Gasteiger partial charge is 0.0466 e. The van der Waals surface area contributed by atoms with Gasteiger partial charge in [0.25, 0.3) is 0 Å². The standard InChI is InChI=1S/3C4H8O.5C3H5.2Li.Sm/c3*1-2-4-5-3-1;5*1-3-2;;;/h3*1-4H2;5*3H,1-2H2;;;. The van der Waals surface area contributed by atoms with Crippen molar-refractivity contribution >= 4 is 37.7 Å². The van der Waals surface area contributed by atoms with Crippen LogP contribution in [-0.2, 0) is 14.2 Å². The summed E-state index contributed by atoms with van der Waals surface area (Å²) in [4.78, 5) is 0. The molecule has 0 saturated carbocycles. The molecule has 3 rings (SSSR count). The van der Waals surface area contributed by atoms with Crippen molar-refractivity contribution in [2.24, 2.45) is 0 Å². The molecule has 0 bridgehead atoms. The maximum Gasteiger partial charge on any atom is 0.0466 e. The predicted molar refractivity (Wildman–Crippen MR) is 147 cm³/mol. The van der Waals surface area contributed by atoms with E-state index in [9.17, 15) is 0 Å².